The van der Waals surface area contributed by atoms with E-state index in [2.05, 4.69) is 0 Å². The summed E-state index contributed by atoms with van der Waals surface area (Å²) in [6.07, 6.45) is 1.70. The van der Waals surface area contributed by atoms with E-state index in [1.165, 1.54) is 29.2 Å². The predicted octanol–water partition coefficient (Wildman–Crippen LogP) is 1.55. The third-order valence-corrected chi connectivity index (χ3v) is 2.51. The second-order valence-electron chi connectivity index (χ2n) is 4.05. The molecule has 18 heavy (non-hydrogen) atoms. The first-order chi connectivity index (χ1) is 8.54. The fourth-order valence-electron chi connectivity index (χ4n) is 1.56. The van der Waals surface area contributed by atoms with E-state index in [4.69, 9.17) is 5.73 Å². The summed E-state index contributed by atoms with van der Waals surface area (Å²) in [7, 11) is 0. The van der Waals surface area contributed by atoms with Gasteiger partial charge < -0.3 is 10.6 Å². The van der Waals surface area contributed by atoms with Crippen molar-refractivity contribution >= 4 is 11.8 Å². The first-order valence-corrected chi connectivity index (χ1v) is 5.87. The van der Waals surface area contributed by atoms with Crippen molar-refractivity contribution < 1.29 is 14.0 Å². The van der Waals surface area contributed by atoms with Crippen LogP contribution in [-0.2, 0) is 4.79 Å². The van der Waals surface area contributed by atoms with Gasteiger partial charge in [0, 0.05) is 12.1 Å². The quantitative estimate of drug-likeness (QED) is 0.835. The zero-order valence-electron chi connectivity index (χ0n) is 10.4. The van der Waals surface area contributed by atoms with Crippen molar-refractivity contribution in [3.05, 3.63) is 35.6 Å². The van der Waals surface area contributed by atoms with E-state index in [-0.39, 0.29) is 12.5 Å². The average molecular weight is 252 g/mol. The second kappa shape index (κ2) is 6.74. The van der Waals surface area contributed by atoms with E-state index in [1.807, 2.05) is 6.92 Å². The van der Waals surface area contributed by atoms with Crippen molar-refractivity contribution in [1.82, 2.24) is 4.90 Å². The zero-order chi connectivity index (χ0) is 13.5. The summed E-state index contributed by atoms with van der Waals surface area (Å²) in [6.45, 7) is 2.34. The van der Waals surface area contributed by atoms with Gasteiger partial charge in [-0.25, -0.2) is 4.39 Å². The van der Waals surface area contributed by atoms with Crippen molar-refractivity contribution in [2.75, 3.05) is 13.1 Å². The van der Waals surface area contributed by atoms with Crippen LogP contribution in [0.15, 0.2) is 24.3 Å². The third-order valence-electron chi connectivity index (χ3n) is 2.51. The van der Waals surface area contributed by atoms with Gasteiger partial charge in [-0.1, -0.05) is 13.3 Å². The molecule has 2 N–H and O–H groups in total. The minimum Gasteiger partial charge on any atom is -0.368 e. The van der Waals surface area contributed by atoms with E-state index in [0.717, 1.165) is 12.8 Å². The summed E-state index contributed by atoms with van der Waals surface area (Å²) in [5.74, 6) is -1.26. The lowest BCUT2D eigenvalue weighted by molar-refractivity contribution is -0.118. The lowest BCUT2D eigenvalue weighted by atomic mass is 10.2. The van der Waals surface area contributed by atoms with Gasteiger partial charge in [0.15, 0.2) is 0 Å². The molecular weight excluding hydrogens is 235 g/mol. The molecule has 5 heteroatoms. The summed E-state index contributed by atoms with van der Waals surface area (Å²) < 4.78 is 12.8. The maximum atomic E-state index is 12.8. The molecule has 0 saturated carbocycles. The first kappa shape index (κ1) is 14.2. The molecule has 0 heterocycles. The normalized spacial score (nSPS) is 10.1. The van der Waals surface area contributed by atoms with Gasteiger partial charge in [0.25, 0.3) is 5.91 Å². The van der Waals surface area contributed by atoms with Crippen LogP contribution >= 0.6 is 0 Å². The molecule has 0 aliphatic heterocycles. The molecule has 1 aromatic carbocycles. The monoisotopic (exact) mass is 252 g/mol. The molecule has 0 aromatic heterocycles. The van der Waals surface area contributed by atoms with E-state index in [1.54, 1.807) is 0 Å². The largest absolute Gasteiger partial charge is 0.368 e. The van der Waals surface area contributed by atoms with Crippen LogP contribution in [0.1, 0.15) is 30.1 Å². The van der Waals surface area contributed by atoms with Gasteiger partial charge in [0.2, 0.25) is 5.91 Å². The van der Waals surface area contributed by atoms with Crippen LogP contribution < -0.4 is 5.73 Å². The molecule has 4 nitrogen and oxygen atoms in total. The molecule has 0 saturated heterocycles. The van der Waals surface area contributed by atoms with Crippen molar-refractivity contribution in [3.8, 4) is 0 Å². The van der Waals surface area contributed by atoms with Crippen LogP contribution in [-0.4, -0.2) is 29.8 Å². The van der Waals surface area contributed by atoms with E-state index in [9.17, 15) is 14.0 Å². The SMILES string of the molecule is CCCCN(CC(N)=O)C(=O)c1ccc(F)cc1. The molecule has 1 aromatic rings. The number of hydrogen-bond donors (Lipinski definition) is 1. The van der Waals surface area contributed by atoms with Gasteiger partial charge in [0.05, 0.1) is 6.54 Å². The van der Waals surface area contributed by atoms with E-state index < -0.39 is 11.7 Å². The molecule has 1 rings (SSSR count). The number of benzene rings is 1. The number of carbonyl (C=O) groups is 2. The molecule has 98 valence electrons. The van der Waals surface area contributed by atoms with Crippen molar-refractivity contribution in [1.29, 1.82) is 0 Å². The van der Waals surface area contributed by atoms with Crippen LogP contribution in [0, 0.1) is 5.82 Å². The van der Waals surface area contributed by atoms with Crippen LogP contribution in [0.2, 0.25) is 0 Å². The smallest absolute Gasteiger partial charge is 0.254 e. The lowest BCUT2D eigenvalue weighted by Crippen LogP contribution is -2.39. The third kappa shape index (κ3) is 4.16. The zero-order valence-corrected chi connectivity index (χ0v) is 10.4. The minimum absolute atomic E-state index is 0.115. The molecule has 0 fully saturated rings. The average Bonchev–Trinajstić information content (AvgIpc) is 2.34. The van der Waals surface area contributed by atoms with Gasteiger partial charge in [-0.05, 0) is 30.7 Å². The summed E-state index contributed by atoms with van der Waals surface area (Å²) in [5.41, 5.74) is 5.47. The maximum absolute atomic E-state index is 12.8. The molecule has 0 spiro atoms. The number of amides is 2. The number of hydrogen-bond acceptors (Lipinski definition) is 2. The summed E-state index contributed by atoms with van der Waals surface area (Å²) in [6, 6.07) is 5.24. The fourth-order valence-corrected chi connectivity index (χ4v) is 1.56. The molecular formula is C13H17FN2O2. The summed E-state index contributed by atoms with van der Waals surface area (Å²) in [4.78, 5) is 24.4. The molecule has 0 aliphatic rings. The highest BCUT2D eigenvalue weighted by molar-refractivity contribution is 5.96. The molecule has 0 aliphatic carbocycles. The lowest BCUT2D eigenvalue weighted by Gasteiger charge is -2.20. The Labute approximate surface area is 106 Å². The van der Waals surface area contributed by atoms with E-state index in [0.29, 0.717) is 12.1 Å². The first-order valence-electron chi connectivity index (χ1n) is 5.87. The van der Waals surface area contributed by atoms with Crippen molar-refractivity contribution in [2.45, 2.75) is 19.8 Å². The Morgan fingerprint density at radius 1 is 1.28 bits per heavy atom. The highest BCUT2D eigenvalue weighted by Gasteiger charge is 2.17. The topological polar surface area (TPSA) is 63.4 Å². The van der Waals surface area contributed by atoms with Crippen LogP contribution in [0.5, 0.6) is 0 Å². The number of rotatable bonds is 6. The molecule has 0 radical (unpaired) electrons. The number of nitrogens with zero attached hydrogens (tertiary/aromatic N) is 1. The van der Waals surface area contributed by atoms with Crippen molar-refractivity contribution in [2.24, 2.45) is 5.73 Å². The second-order valence-corrected chi connectivity index (χ2v) is 4.05. The minimum atomic E-state index is -0.554. The Morgan fingerprint density at radius 2 is 1.89 bits per heavy atom. The Hall–Kier alpha value is -1.91. The van der Waals surface area contributed by atoms with Gasteiger partial charge in [-0.3, -0.25) is 9.59 Å². The Balaban J connectivity index is 2.80. The Kier molecular flexibility index (Phi) is 5.30. The number of carbonyl (C=O) groups excluding carboxylic acids is 2. The van der Waals surface area contributed by atoms with Gasteiger partial charge in [-0.2, -0.15) is 0 Å². The molecule has 2 amide bonds. The maximum Gasteiger partial charge on any atom is 0.254 e. The number of primary amides is 1. The predicted molar refractivity (Wildman–Crippen MR) is 66.4 cm³/mol. The molecule has 0 bridgehead atoms. The molecule has 0 atom stereocenters. The van der Waals surface area contributed by atoms with E-state index >= 15 is 0 Å². The molecule has 0 unspecified atom stereocenters. The van der Waals surface area contributed by atoms with Crippen LogP contribution in [0.25, 0.3) is 0 Å². The Bertz CT molecular complexity index is 418. The summed E-state index contributed by atoms with van der Waals surface area (Å²) >= 11 is 0. The van der Waals surface area contributed by atoms with Gasteiger partial charge in [-0.15, -0.1) is 0 Å². The summed E-state index contributed by atoms with van der Waals surface area (Å²) in [5, 5.41) is 0. The van der Waals surface area contributed by atoms with Gasteiger partial charge in [0.1, 0.15) is 5.82 Å². The van der Waals surface area contributed by atoms with Crippen molar-refractivity contribution in [3.63, 3.8) is 0 Å². The standard InChI is InChI=1S/C13H17FN2O2/c1-2-3-8-16(9-12(15)17)13(18)10-4-6-11(14)7-5-10/h4-7H,2-3,8-9H2,1H3,(H2,15,17). The van der Waals surface area contributed by atoms with Gasteiger partial charge >= 0.3 is 0 Å². The fraction of sp³-hybridized carbons (Fsp3) is 0.385. The highest BCUT2D eigenvalue weighted by atomic mass is 19.1. The Morgan fingerprint density at radius 3 is 2.39 bits per heavy atom. The number of halogens is 1. The van der Waals surface area contributed by atoms with Crippen LogP contribution in [0.4, 0.5) is 4.39 Å². The van der Waals surface area contributed by atoms with Crippen LogP contribution in [0.3, 0.4) is 0 Å². The number of unbranched alkanes of at least 4 members (excludes halogenated alkanes) is 1. The highest BCUT2D eigenvalue weighted by Crippen LogP contribution is 2.08. The number of nitrogens with two attached hydrogens (primary N) is 1.